The minimum atomic E-state index is 0.0196. The second-order valence-electron chi connectivity index (χ2n) is 4.42. The van der Waals surface area contributed by atoms with Gasteiger partial charge in [-0.1, -0.05) is 0 Å². The number of piperidine rings is 1. The zero-order valence-corrected chi connectivity index (χ0v) is 12.1. The molecule has 0 spiro atoms. The summed E-state index contributed by atoms with van der Waals surface area (Å²) in [6.45, 7) is 4.13. The van der Waals surface area contributed by atoms with Crippen LogP contribution in [0.5, 0.6) is 0 Å². The zero-order chi connectivity index (χ0) is 12.8. The molecule has 1 unspecified atom stereocenters. The first-order valence-corrected chi connectivity index (χ1v) is 8.19. The predicted octanol–water partition coefficient (Wildman–Crippen LogP) is 1.81. The van der Waals surface area contributed by atoms with Crippen molar-refractivity contribution in [2.45, 2.75) is 31.1 Å². The average Bonchev–Trinajstić information content (AvgIpc) is 2.91. The number of amides is 1. The van der Waals surface area contributed by atoms with Crippen molar-refractivity contribution in [1.29, 1.82) is 0 Å². The van der Waals surface area contributed by atoms with Gasteiger partial charge in [-0.3, -0.25) is 4.79 Å². The molecule has 0 bridgehead atoms. The Labute approximate surface area is 116 Å². The van der Waals surface area contributed by atoms with Gasteiger partial charge in [0.1, 0.15) is 5.01 Å². The highest BCUT2D eigenvalue weighted by molar-refractivity contribution is 8.00. The van der Waals surface area contributed by atoms with Crippen LogP contribution in [0.15, 0.2) is 11.6 Å². The summed E-state index contributed by atoms with van der Waals surface area (Å²) in [7, 11) is 0. The standard InChI is InChI=1S/C12H19N3OS2/c1-9(12-14-6-7-17-12)15-11(16)8-18-10-2-4-13-5-3-10/h6-7,9-10,13H,2-5,8H2,1H3,(H,15,16). The molecule has 1 aliphatic rings. The van der Waals surface area contributed by atoms with Crippen molar-refractivity contribution < 1.29 is 4.79 Å². The molecule has 1 atom stereocenters. The van der Waals surface area contributed by atoms with Gasteiger partial charge in [0.2, 0.25) is 5.91 Å². The van der Waals surface area contributed by atoms with E-state index in [4.69, 9.17) is 0 Å². The van der Waals surface area contributed by atoms with Crippen molar-refractivity contribution in [3.05, 3.63) is 16.6 Å². The highest BCUT2D eigenvalue weighted by atomic mass is 32.2. The molecule has 0 saturated carbocycles. The second kappa shape index (κ2) is 7.11. The van der Waals surface area contributed by atoms with Crippen LogP contribution in [0.25, 0.3) is 0 Å². The second-order valence-corrected chi connectivity index (χ2v) is 6.63. The summed E-state index contributed by atoms with van der Waals surface area (Å²) >= 11 is 3.35. The molecule has 0 radical (unpaired) electrons. The molecular weight excluding hydrogens is 266 g/mol. The van der Waals surface area contributed by atoms with Gasteiger partial charge in [-0.05, 0) is 32.9 Å². The number of hydrogen-bond acceptors (Lipinski definition) is 5. The molecule has 2 N–H and O–H groups in total. The molecule has 18 heavy (non-hydrogen) atoms. The molecule has 4 nitrogen and oxygen atoms in total. The predicted molar refractivity (Wildman–Crippen MR) is 77.0 cm³/mol. The Morgan fingerprint density at radius 3 is 3.11 bits per heavy atom. The first kappa shape index (κ1) is 13.8. The molecule has 100 valence electrons. The Bertz CT molecular complexity index is 363. The molecule has 1 amide bonds. The number of hydrogen-bond donors (Lipinski definition) is 2. The molecule has 1 fully saturated rings. The van der Waals surface area contributed by atoms with Crippen LogP contribution in [0.4, 0.5) is 0 Å². The lowest BCUT2D eigenvalue weighted by Gasteiger charge is -2.22. The zero-order valence-electron chi connectivity index (χ0n) is 10.5. The van der Waals surface area contributed by atoms with Crippen LogP contribution in [-0.2, 0) is 4.79 Å². The van der Waals surface area contributed by atoms with E-state index >= 15 is 0 Å². The quantitative estimate of drug-likeness (QED) is 0.866. The normalized spacial score (nSPS) is 18.5. The summed E-state index contributed by atoms with van der Waals surface area (Å²) < 4.78 is 0. The fourth-order valence-electron chi connectivity index (χ4n) is 1.95. The summed E-state index contributed by atoms with van der Waals surface area (Å²) in [6.07, 6.45) is 4.10. The summed E-state index contributed by atoms with van der Waals surface area (Å²) in [5.41, 5.74) is 0. The molecular formula is C12H19N3OS2. The van der Waals surface area contributed by atoms with Gasteiger partial charge >= 0.3 is 0 Å². The van der Waals surface area contributed by atoms with E-state index in [-0.39, 0.29) is 11.9 Å². The summed E-state index contributed by atoms with van der Waals surface area (Å²) in [4.78, 5) is 16.0. The Morgan fingerprint density at radius 2 is 2.44 bits per heavy atom. The monoisotopic (exact) mass is 285 g/mol. The molecule has 0 aliphatic carbocycles. The van der Waals surface area contributed by atoms with E-state index in [0.717, 1.165) is 18.1 Å². The van der Waals surface area contributed by atoms with E-state index < -0.39 is 0 Å². The van der Waals surface area contributed by atoms with E-state index in [1.165, 1.54) is 12.8 Å². The largest absolute Gasteiger partial charge is 0.346 e. The number of carbonyl (C=O) groups is 1. The van der Waals surface area contributed by atoms with Gasteiger partial charge in [0.25, 0.3) is 0 Å². The molecule has 6 heteroatoms. The van der Waals surface area contributed by atoms with E-state index in [1.54, 1.807) is 29.3 Å². The highest BCUT2D eigenvalue weighted by Crippen LogP contribution is 2.20. The van der Waals surface area contributed by atoms with Crippen LogP contribution in [0, 0.1) is 0 Å². The van der Waals surface area contributed by atoms with Gasteiger partial charge in [0, 0.05) is 16.8 Å². The van der Waals surface area contributed by atoms with Crippen molar-refractivity contribution in [1.82, 2.24) is 15.6 Å². The van der Waals surface area contributed by atoms with Gasteiger partial charge in [-0.25, -0.2) is 4.98 Å². The van der Waals surface area contributed by atoms with Crippen LogP contribution in [0.3, 0.4) is 0 Å². The number of thioether (sulfide) groups is 1. The lowest BCUT2D eigenvalue weighted by atomic mass is 10.2. The van der Waals surface area contributed by atoms with E-state index in [9.17, 15) is 4.79 Å². The number of rotatable bonds is 5. The SMILES string of the molecule is CC(NC(=O)CSC1CCNCC1)c1nccs1. The molecule has 1 saturated heterocycles. The number of carbonyl (C=O) groups excluding carboxylic acids is 1. The fourth-order valence-corrected chi connectivity index (χ4v) is 3.63. The maximum atomic E-state index is 11.8. The molecule has 0 aromatic carbocycles. The van der Waals surface area contributed by atoms with Gasteiger partial charge in [0.15, 0.2) is 0 Å². The maximum absolute atomic E-state index is 11.8. The Balaban J connectivity index is 1.68. The van der Waals surface area contributed by atoms with Gasteiger partial charge in [-0.2, -0.15) is 0 Å². The molecule has 2 rings (SSSR count). The van der Waals surface area contributed by atoms with E-state index in [0.29, 0.717) is 11.0 Å². The minimum Gasteiger partial charge on any atom is -0.346 e. The molecule has 2 heterocycles. The Morgan fingerprint density at radius 1 is 1.67 bits per heavy atom. The fraction of sp³-hybridized carbons (Fsp3) is 0.667. The number of aromatic nitrogens is 1. The van der Waals surface area contributed by atoms with Crippen molar-refractivity contribution in [3.8, 4) is 0 Å². The first-order chi connectivity index (χ1) is 8.75. The topological polar surface area (TPSA) is 54.0 Å². The highest BCUT2D eigenvalue weighted by Gasteiger charge is 2.16. The number of nitrogens with one attached hydrogen (secondary N) is 2. The minimum absolute atomic E-state index is 0.0196. The van der Waals surface area contributed by atoms with Crippen LogP contribution in [0.2, 0.25) is 0 Å². The summed E-state index contributed by atoms with van der Waals surface area (Å²) in [5.74, 6) is 0.668. The van der Waals surface area contributed by atoms with Crippen molar-refractivity contribution >= 4 is 29.0 Å². The first-order valence-electron chi connectivity index (χ1n) is 6.27. The van der Waals surface area contributed by atoms with Crippen LogP contribution in [0.1, 0.15) is 30.8 Å². The van der Waals surface area contributed by atoms with E-state index in [1.807, 2.05) is 12.3 Å². The molecule has 1 aromatic heterocycles. The van der Waals surface area contributed by atoms with Gasteiger partial charge < -0.3 is 10.6 Å². The third-order valence-corrected chi connectivity index (χ3v) is 5.27. The van der Waals surface area contributed by atoms with Crippen molar-refractivity contribution in [3.63, 3.8) is 0 Å². The third kappa shape index (κ3) is 4.26. The van der Waals surface area contributed by atoms with Gasteiger partial charge in [0.05, 0.1) is 11.8 Å². The van der Waals surface area contributed by atoms with Crippen LogP contribution in [-0.4, -0.2) is 35.0 Å². The Kier molecular flexibility index (Phi) is 5.46. The smallest absolute Gasteiger partial charge is 0.230 e. The maximum Gasteiger partial charge on any atom is 0.230 e. The lowest BCUT2D eigenvalue weighted by molar-refractivity contribution is -0.119. The lowest BCUT2D eigenvalue weighted by Crippen LogP contribution is -2.32. The Hall–Kier alpha value is -0.590. The molecule has 1 aliphatic heterocycles. The molecule has 1 aromatic rings. The number of nitrogens with zero attached hydrogens (tertiary/aromatic N) is 1. The van der Waals surface area contributed by atoms with Crippen molar-refractivity contribution in [2.24, 2.45) is 0 Å². The summed E-state index contributed by atoms with van der Waals surface area (Å²) in [6, 6.07) is 0.0196. The van der Waals surface area contributed by atoms with Crippen molar-refractivity contribution in [2.75, 3.05) is 18.8 Å². The van der Waals surface area contributed by atoms with Gasteiger partial charge in [-0.15, -0.1) is 23.1 Å². The average molecular weight is 285 g/mol. The third-order valence-electron chi connectivity index (χ3n) is 2.94. The summed E-state index contributed by atoms with van der Waals surface area (Å²) in [5, 5.41) is 9.86. The van der Waals surface area contributed by atoms with Crippen LogP contribution < -0.4 is 10.6 Å². The van der Waals surface area contributed by atoms with Crippen LogP contribution >= 0.6 is 23.1 Å². The van der Waals surface area contributed by atoms with E-state index in [2.05, 4.69) is 15.6 Å². The number of thiazole rings is 1.